The Bertz CT molecular complexity index is 1240. The minimum Gasteiger partial charge on any atom is -0.383 e. The van der Waals surface area contributed by atoms with Crippen molar-refractivity contribution in [3.05, 3.63) is 75.8 Å². The molecule has 0 aliphatic rings. The first-order valence-electron chi connectivity index (χ1n) is 9.66. The largest absolute Gasteiger partial charge is 0.383 e. The lowest BCUT2D eigenvalue weighted by atomic mass is 10.2. The van der Waals surface area contributed by atoms with Gasteiger partial charge < -0.3 is 11.1 Å². The smallest absolute Gasteiger partial charge is 0.225 e. The maximum Gasteiger partial charge on any atom is 0.225 e. The Balaban J connectivity index is 1.51. The van der Waals surface area contributed by atoms with Gasteiger partial charge >= 0.3 is 0 Å². The molecule has 0 radical (unpaired) electrons. The molecule has 5 aromatic rings. The van der Waals surface area contributed by atoms with Crippen molar-refractivity contribution < 1.29 is 0 Å². The highest BCUT2D eigenvalue weighted by atomic mass is 32.1. The maximum atomic E-state index is 6.51. The Morgan fingerprint density at radius 2 is 1.77 bits per heavy atom. The van der Waals surface area contributed by atoms with E-state index in [0.29, 0.717) is 24.0 Å². The van der Waals surface area contributed by atoms with Crippen molar-refractivity contribution in [2.24, 2.45) is 0 Å². The summed E-state index contributed by atoms with van der Waals surface area (Å²) < 4.78 is 1.81. The van der Waals surface area contributed by atoms with Crippen molar-refractivity contribution >= 4 is 45.5 Å². The second-order valence-electron chi connectivity index (χ2n) is 6.86. The maximum absolute atomic E-state index is 6.51. The zero-order valence-corrected chi connectivity index (χ0v) is 17.8. The van der Waals surface area contributed by atoms with Crippen molar-refractivity contribution in [2.45, 2.75) is 13.0 Å². The Labute approximate surface area is 182 Å². The van der Waals surface area contributed by atoms with Crippen LogP contribution in [0, 0.1) is 0 Å². The van der Waals surface area contributed by atoms with Gasteiger partial charge in [0, 0.05) is 11.4 Å². The molecule has 3 N–H and O–H groups in total. The van der Waals surface area contributed by atoms with E-state index in [9.17, 15) is 0 Å². The second kappa shape index (κ2) is 8.25. The molecule has 8 heteroatoms. The summed E-state index contributed by atoms with van der Waals surface area (Å²) in [5, 5.41) is 13.0. The molecule has 0 unspecified atom stereocenters. The molecule has 5 rings (SSSR count). The molecule has 4 heterocycles. The minimum absolute atomic E-state index is 0.576. The number of fused-ring (bicyclic) bond motifs is 1. The van der Waals surface area contributed by atoms with Gasteiger partial charge in [0.25, 0.3) is 0 Å². The van der Waals surface area contributed by atoms with Crippen molar-refractivity contribution in [1.29, 1.82) is 0 Å². The predicted molar refractivity (Wildman–Crippen MR) is 125 cm³/mol. The van der Waals surface area contributed by atoms with Gasteiger partial charge in [-0.3, -0.25) is 0 Å². The third-order valence-electron chi connectivity index (χ3n) is 4.80. The van der Waals surface area contributed by atoms with Crippen LogP contribution in [-0.4, -0.2) is 26.3 Å². The summed E-state index contributed by atoms with van der Waals surface area (Å²) in [5.41, 5.74) is 9.09. The van der Waals surface area contributed by atoms with E-state index in [4.69, 9.17) is 15.8 Å². The number of rotatable bonds is 7. The SMILES string of the molecule is Nc1c2c(-c3cccs3)nc(NCCc3cccs3)nc2nn1Cc1ccccc1. The van der Waals surface area contributed by atoms with Gasteiger partial charge in [0.2, 0.25) is 5.95 Å². The van der Waals surface area contributed by atoms with E-state index >= 15 is 0 Å². The number of hydrogen-bond acceptors (Lipinski definition) is 7. The van der Waals surface area contributed by atoms with Gasteiger partial charge in [-0.2, -0.15) is 4.98 Å². The Morgan fingerprint density at radius 3 is 2.53 bits per heavy atom. The lowest BCUT2D eigenvalue weighted by molar-refractivity contribution is 0.703. The molecule has 0 fully saturated rings. The fraction of sp³-hybridized carbons (Fsp3) is 0.136. The highest BCUT2D eigenvalue weighted by Crippen LogP contribution is 2.34. The molecule has 0 aliphatic carbocycles. The molecule has 30 heavy (non-hydrogen) atoms. The van der Waals surface area contributed by atoms with Crippen molar-refractivity contribution in [1.82, 2.24) is 19.7 Å². The van der Waals surface area contributed by atoms with Crippen LogP contribution in [0.5, 0.6) is 0 Å². The number of nitrogens with one attached hydrogen (secondary N) is 1. The number of nitrogen functional groups attached to an aromatic ring is 1. The van der Waals surface area contributed by atoms with Crippen LogP contribution in [0.1, 0.15) is 10.4 Å². The summed E-state index contributed by atoms with van der Waals surface area (Å²) in [6.07, 6.45) is 0.929. The first kappa shape index (κ1) is 18.8. The van der Waals surface area contributed by atoms with Gasteiger partial charge in [0.1, 0.15) is 5.82 Å². The van der Waals surface area contributed by atoms with Crippen LogP contribution in [0.4, 0.5) is 11.8 Å². The molecular weight excluding hydrogens is 412 g/mol. The van der Waals surface area contributed by atoms with Crippen LogP contribution in [-0.2, 0) is 13.0 Å². The number of hydrogen-bond donors (Lipinski definition) is 2. The number of aromatic nitrogens is 4. The van der Waals surface area contributed by atoms with Gasteiger partial charge in [0.15, 0.2) is 5.65 Å². The lowest BCUT2D eigenvalue weighted by Crippen LogP contribution is -2.08. The average molecular weight is 433 g/mol. The van der Waals surface area contributed by atoms with Crippen LogP contribution in [0.25, 0.3) is 21.6 Å². The summed E-state index contributed by atoms with van der Waals surface area (Å²) in [5.74, 6) is 1.16. The molecule has 6 nitrogen and oxygen atoms in total. The van der Waals surface area contributed by atoms with E-state index < -0.39 is 0 Å². The van der Waals surface area contributed by atoms with E-state index in [2.05, 4.69) is 46.0 Å². The molecule has 150 valence electrons. The summed E-state index contributed by atoms with van der Waals surface area (Å²) in [6.45, 7) is 1.35. The fourth-order valence-electron chi connectivity index (χ4n) is 3.35. The molecule has 0 spiro atoms. The minimum atomic E-state index is 0.576. The van der Waals surface area contributed by atoms with Gasteiger partial charge in [-0.25, -0.2) is 9.67 Å². The molecular formula is C22H20N6S2. The third kappa shape index (κ3) is 3.79. The fourth-order valence-corrected chi connectivity index (χ4v) is 4.78. The first-order chi connectivity index (χ1) is 14.8. The first-order valence-corrected chi connectivity index (χ1v) is 11.4. The zero-order valence-electron chi connectivity index (χ0n) is 16.2. The molecule has 0 saturated carbocycles. The van der Waals surface area contributed by atoms with Crippen LogP contribution in [0.15, 0.2) is 65.4 Å². The molecule has 4 aromatic heterocycles. The number of nitrogens with zero attached hydrogens (tertiary/aromatic N) is 4. The van der Waals surface area contributed by atoms with E-state index in [0.717, 1.165) is 34.5 Å². The topological polar surface area (TPSA) is 81.7 Å². The number of benzene rings is 1. The monoisotopic (exact) mass is 432 g/mol. The standard InChI is InChI=1S/C22H20N6S2/c23-20-18-19(17-9-5-13-30-17)25-22(24-11-10-16-8-4-12-29-16)26-21(18)27-28(20)14-15-6-2-1-3-7-15/h1-9,12-13H,10-11,14,23H2,(H,24,26,27). The molecule has 1 aromatic carbocycles. The number of thiophene rings is 2. The van der Waals surface area contributed by atoms with E-state index in [1.807, 2.05) is 29.6 Å². The van der Waals surface area contributed by atoms with Crippen LogP contribution >= 0.6 is 22.7 Å². The van der Waals surface area contributed by atoms with Crippen LogP contribution < -0.4 is 11.1 Å². The van der Waals surface area contributed by atoms with Crippen molar-refractivity contribution in [2.75, 3.05) is 17.6 Å². The van der Waals surface area contributed by atoms with Gasteiger partial charge in [-0.1, -0.05) is 42.5 Å². The molecule has 0 bridgehead atoms. The van der Waals surface area contributed by atoms with Gasteiger partial charge in [0.05, 0.1) is 22.5 Å². The molecule has 0 amide bonds. The third-order valence-corrected chi connectivity index (χ3v) is 6.62. The highest BCUT2D eigenvalue weighted by Gasteiger charge is 2.19. The van der Waals surface area contributed by atoms with E-state index in [1.54, 1.807) is 27.4 Å². The number of anilines is 2. The van der Waals surface area contributed by atoms with Crippen molar-refractivity contribution in [3.8, 4) is 10.6 Å². The highest BCUT2D eigenvalue weighted by molar-refractivity contribution is 7.13. The summed E-state index contributed by atoms with van der Waals surface area (Å²) in [4.78, 5) is 11.8. The Kier molecular flexibility index (Phi) is 5.17. The zero-order chi connectivity index (χ0) is 20.3. The van der Waals surface area contributed by atoms with E-state index in [-0.39, 0.29) is 0 Å². The Morgan fingerprint density at radius 1 is 0.933 bits per heavy atom. The quantitative estimate of drug-likeness (QED) is 0.382. The normalized spacial score (nSPS) is 11.2. The van der Waals surface area contributed by atoms with Crippen LogP contribution in [0.3, 0.4) is 0 Å². The summed E-state index contributed by atoms with van der Waals surface area (Å²) in [6, 6.07) is 18.4. The number of nitrogens with two attached hydrogens (primary N) is 1. The van der Waals surface area contributed by atoms with Gasteiger partial charge in [-0.05, 0) is 34.9 Å². The van der Waals surface area contributed by atoms with Gasteiger partial charge in [-0.15, -0.1) is 27.8 Å². The Hall–Kier alpha value is -3.23. The van der Waals surface area contributed by atoms with E-state index in [1.165, 1.54) is 4.88 Å². The second-order valence-corrected chi connectivity index (χ2v) is 8.84. The summed E-state index contributed by atoms with van der Waals surface area (Å²) in [7, 11) is 0. The predicted octanol–water partition coefficient (Wildman–Crippen LogP) is 4.90. The molecule has 0 atom stereocenters. The summed E-state index contributed by atoms with van der Waals surface area (Å²) >= 11 is 3.39. The van der Waals surface area contributed by atoms with Crippen molar-refractivity contribution in [3.63, 3.8) is 0 Å². The lowest BCUT2D eigenvalue weighted by Gasteiger charge is -2.07. The van der Waals surface area contributed by atoms with Crippen LogP contribution in [0.2, 0.25) is 0 Å². The molecule has 0 aliphatic heterocycles. The molecule has 0 saturated heterocycles. The average Bonchev–Trinajstić information content (AvgIpc) is 3.52.